The summed E-state index contributed by atoms with van der Waals surface area (Å²) in [6, 6.07) is 11.3. The van der Waals surface area contributed by atoms with Crippen molar-refractivity contribution >= 4 is 0 Å². The van der Waals surface area contributed by atoms with Crippen LogP contribution < -0.4 is 5.32 Å². The second-order valence-corrected chi connectivity index (χ2v) is 5.97. The molecule has 96 valence electrons. The molecule has 1 aromatic rings. The van der Waals surface area contributed by atoms with Gasteiger partial charge in [0.25, 0.3) is 0 Å². The van der Waals surface area contributed by atoms with E-state index in [1.54, 1.807) is 0 Å². The predicted molar refractivity (Wildman–Crippen MR) is 76.2 cm³/mol. The second-order valence-electron chi connectivity index (χ2n) is 5.97. The van der Waals surface area contributed by atoms with Gasteiger partial charge in [-0.25, -0.2) is 0 Å². The molecule has 0 aliphatic rings. The van der Waals surface area contributed by atoms with Gasteiger partial charge in [-0.1, -0.05) is 64.4 Å². The van der Waals surface area contributed by atoms with E-state index in [0.717, 1.165) is 6.54 Å². The molecule has 0 amide bonds. The molecule has 0 fully saturated rings. The molecule has 17 heavy (non-hydrogen) atoms. The molecule has 0 bridgehead atoms. The highest BCUT2D eigenvalue weighted by Crippen LogP contribution is 2.25. The van der Waals surface area contributed by atoms with Crippen LogP contribution in [-0.4, -0.2) is 6.54 Å². The zero-order valence-electron chi connectivity index (χ0n) is 11.8. The van der Waals surface area contributed by atoms with Crippen molar-refractivity contribution in [1.29, 1.82) is 0 Å². The van der Waals surface area contributed by atoms with Crippen LogP contribution in [0.3, 0.4) is 0 Å². The van der Waals surface area contributed by atoms with Crippen LogP contribution in [-0.2, 0) is 0 Å². The average Bonchev–Trinajstić information content (AvgIpc) is 2.27. The zero-order chi connectivity index (χ0) is 12.7. The van der Waals surface area contributed by atoms with E-state index in [0.29, 0.717) is 11.5 Å². The number of hydrogen-bond donors (Lipinski definition) is 1. The summed E-state index contributed by atoms with van der Waals surface area (Å²) in [5.74, 6) is 0. The molecule has 1 N–H and O–H groups in total. The molecule has 0 radical (unpaired) electrons. The molecule has 1 unspecified atom stereocenters. The standard InChI is InChI=1S/C16H27N/c1-5-17-15(12-9-13-16(2,3)4)14-10-7-6-8-11-14/h6-8,10-11,15,17H,5,9,12-13H2,1-4H3. The monoisotopic (exact) mass is 233 g/mol. The lowest BCUT2D eigenvalue weighted by Gasteiger charge is -2.22. The topological polar surface area (TPSA) is 12.0 Å². The molecular weight excluding hydrogens is 206 g/mol. The Labute approximate surface area is 107 Å². The van der Waals surface area contributed by atoms with Gasteiger partial charge < -0.3 is 5.32 Å². The Morgan fingerprint density at radius 3 is 2.29 bits per heavy atom. The molecule has 0 aliphatic carbocycles. The summed E-state index contributed by atoms with van der Waals surface area (Å²) < 4.78 is 0. The maximum Gasteiger partial charge on any atom is 0.0320 e. The number of rotatable bonds is 6. The molecule has 0 heterocycles. The Morgan fingerprint density at radius 1 is 1.12 bits per heavy atom. The molecular formula is C16H27N. The first-order valence-corrected chi connectivity index (χ1v) is 6.81. The highest BCUT2D eigenvalue weighted by atomic mass is 14.9. The van der Waals surface area contributed by atoms with Crippen LogP contribution in [0, 0.1) is 5.41 Å². The molecule has 0 spiro atoms. The van der Waals surface area contributed by atoms with Gasteiger partial charge in [0.05, 0.1) is 0 Å². The average molecular weight is 233 g/mol. The molecule has 0 aliphatic heterocycles. The van der Waals surface area contributed by atoms with Crippen LogP contribution in [0.25, 0.3) is 0 Å². The van der Waals surface area contributed by atoms with Crippen molar-refractivity contribution in [3.63, 3.8) is 0 Å². The fourth-order valence-electron chi connectivity index (χ4n) is 2.15. The fraction of sp³-hybridized carbons (Fsp3) is 0.625. The van der Waals surface area contributed by atoms with Crippen LogP contribution in [0.15, 0.2) is 30.3 Å². The lowest BCUT2D eigenvalue weighted by atomic mass is 9.88. The summed E-state index contributed by atoms with van der Waals surface area (Å²) in [4.78, 5) is 0. The van der Waals surface area contributed by atoms with Crippen LogP contribution >= 0.6 is 0 Å². The summed E-state index contributed by atoms with van der Waals surface area (Å²) in [5, 5.41) is 3.59. The largest absolute Gasteiger partial charge is 0.310 e. The van der Waals surface area contributed by atoms with E-state index in [9.17, 15) is 0 Å². The van der Waals surface area contributed by atoms with Crippen LogP contribution in [0.4, 0.5) is 0 Å². The maximum absolute atomic E-state index is 3.59. The quantitative estimate of drug-likeness (QED) is 0.760. The fourth-order valence-corrected chi connectivity index (χ4v) is 2.15. The highest BCUT2D eigenvalue weighted by molar-refractivity contribution is 5.18. The van der Waals surface area contributed by atoms with Gasteiger partial charge in [-0.2, -0.15) is 0 Å². The summed E-state index contributed by atoms with van der Waals surface area (Å²) in [6.07, 6.45) is 3.81. The third-order valence-electron chi connectivity index (χ3n) is 3.07. The van der Waals surface area contributed by atoms with E-state index >= 15 is 0 Å². The first kappa shape index (κ1) is 14.2. The van der Waals surface area contributed by atoms with Crippen molar-refractivity contribution < 1.29 is 0 Å². The molecule has 1 heteroatoms. The van der Waals surface area contributed by atoms with Gasteiger partial charge in [-0.05, 0) is 30.4 Å². The maximum atomic E-state index is 3.59. The number of hydrogen-bond acceptors (Lipinski definition) is 1. The minimum absolute atomic E-state index is 0.452. The minimum atomic E-state index is 0.452. The number of benzene rings is 1. The molecule has 1 rings (SSSR count). The first-order valence-electron chi connectivity index (χ1n) is 6.81. The van der Waals surface area contributed by atoms with Crippen molar-refractivity contribution in [3.8, 4) is 0 Å². The molecule has 0 saturated carbocycles. The normalized spacial score (nSPS) is 13.6. The highest BCUT2D eigenvalue weighted by Gasteiger charge is 2.13. The van der Waals surface area contributed by atoms with Gasteiger partial charge in [0.2, 0.25) is 0 Å². The Morgan fingerprint density at radius 2 is 1.76 bits per heavy atom. The first-order chi connectivity index (χ1) is 8.03. The van der Waals surface area contributed by atoms with E-state index < -0.39 is 0 Å². The summed E-state index contributed by atoms with van der Waals surface area (Å²) >= 11 is 0. The second kappa shape index (κ2) is 6.80. The van der Waals surface area contributed by atoms with E-state index in [1.165, 1.54) is 24.8 Å². The van der Waals surface area contributed by atoms with E-state index in [4.69, 9.17) is 0 Å². The smallest absolute Gasteiger partial charge is 0.0320 e. The van der Waals surface area contributed by atoms with Gasteiger partial charge in [0.1, 0.15) is 0 Å². The Balaban J connectivity index is 2.50. The Bertz CT molecular complexity index is 297. The number of nitrogens with one attached hydrogen (secondary N) is 1. The molecule has 0 aromatic heterocycles. The summed E-state index contributed by atoms with van der Waals surface area (Å²) in [6.45, 7) is 10.2. The van der Waals surface area contributed by atoms with Gasteiger partial charge in [0.15, 0.2) is 0 Å². The molecule has 1 aromatic carbocycles. The van der Waals surface area contributed by atoms with E-state index in [-0.39, 0.29) is 0 Å². The third-order valence-corrected chi connectivity index (χ3v) is 3.07. The van der Waals surface area contributed by atoms with Crippen molar-refractivity contribution in [2.75, 3.05) is 6.54 Å². The molecule has 1 nitrogen and oxygen atoms in total. The van der Waals surface area contributed by atoms with Crippen LogP contribution in [0.1, 0.15) is 58.6 Å². The van der Waals surface area contributed by atoms with Gasteiger partial charge in [0, 0.05) is 6.04 Å². The minimum Gasteiger partial charge on any atom is -0.310 e. The van der Waals surface area contributed by atoms with Crippen LogP contribution in [0.2, 0.25) is 0 Å². The molecule has 0 saturated heterocycles. The SMILES string of the molecule is CCNC(CCCC(C)(C)C)c1ccccc1. The third kappa shape index (κ3) is 5.88. The van der Waals surface area contributed by atoms with Crippen molar-refractivity contribution in [2.45, 2.75) is 53.0 Å². The van der Waals surface area contributed by atoms with Gasteiger partial charge in [-0.15, -0.1) is 0 Å². The van der Waals surface area contributed by atoms with Gasteiger partial charge >= 0.3 is 0 Å². The van der Waals surface area contributed by atoms with Crippen molar-refractivity contribution in [3.05, 3.63) is 35.9 Å². The van der Waals surface area contributed by atoms with Crippen LogP contribution in [0.5, 0.6) is 0 Å². The Kier molecular flexibility index (Phi) is 5.70. The molecule has 1 atom stereocenters. The summed E-state index contributed by atoms with van der Waals surface area (Å²) in [7, 11) is 0. The Hall–Kier alpha value is -0.820. The predicted octanol–water partition coefficient (Wildman–Crippen LogP) is 4.55. The van der Waals surface area contributed by atoms with Crippen molar-refractivity contribution in [2.24, 2.45) is 5.41 Å². The van der Waals surface area contributed by atoms with E-state index in [1.807, 2.05) is 0 Å². The van der Waals surface area contributed by atoms with E-state index in [2.05, 4.69) is 63.3 Å². The lowest BCUT2D eigenvalue weighted by molar-refractivity contribution is 0.345. The lowest BCUT2D eigenvalue weighted by Crippen LogP contribution is -2.21. The summed E-state index contributed by atoms with van der Waals surface area (Å²) in [5.41, 5.74) is 1.87. The van der Waals surface area contributed by atoms with Crippen molar-refractivity contribution in [1.82, 2.24) is 5.32 Å². The van der Waals surface area contributed by atoms with Gasteiger partial charge in [-0.3, -0.25) is 0 Å². The zero-order valence-corrected chi connectivity index (χ0v) is 11.8.